The maximum absolute atomic E-state index is 8.65. The van der Waals surface area contributed by atoms with Gasteiger partial charge in [0.2, 0.25) is 0 Å². The molecule has 110 valence electrons. The SMILES string of the molecule is COCCCSCCOc1ccc(C#CCCO)cc1. The zero-order valence-electron chi connectivity index (χ0n) is 11.9. The van der Waals surface area contributed by atoms with E-state index in [1.165, 1.54) is 0 Å². The predicted octanol–water partition coefficient (Wildman–Crippen LogP) is 2.57. The van der Waals surface area contributed by atoms with Gasteiger partial charge in [-0.2, -0.15) is 11.8 Å². The van der Waals surface area contributed by atoms with Crippen LogP contribution in [0.1, 0.15) is 18.4 Å². The number of rotatable bonds is 9. The largest absolute Gasteiger partial charge is 0.493 e. The smallest absolute Gasteiger partial charge is 0.119 e. The van der Waals surface area contributed by atoms with Crippen molar-refractivity contribution in [1.29, 1.82) is 0 Å². The Morgan fingerprint density at radius 3 is 2.65 bits per heavy atom. The number of aliphatic hydroxyl groups excluding tert-OH is 1. The fourth-order valence-corrected chi connectivity index (χ4v) is 2.21. The van der Waals surface area contributed by atoms with Crippen LogP contribution in [0.4, 0.5) is 0 Å². The van der Waals surface area contributed by atoms with Crippen molar-refractivity contribution < 1.29 is 14.6 Å². The first-order valence-electron chi connectivity index (χ1n) is 6.76. The lowest BCUT2D eigenvalue weighted by atomic mass is 10.2. The van der Waals surface area contributed by atoms with Crippen LogP contribution in [-0.2, 0) is 4.74 Å². The van der Waals surface area contributed by atoms with Crippen LogP contribution >= 0.6 is 11.8 Å². The molecule has 0 aliphatic carbocycles. The Morgan fingerprint density at radius 2 is 1.95 bits per heavy atom. The van der Waals surface area contributed by atoms with E-state index in [-0.39, 0.29) is 6.61 Å². The molecule has 0 saturated carbocycles. The summed E-state index contributed by atoms with van der Waals surface area (Å²) in [6.45, 7) is 1.65. The number of hydrogen-bond acceptors (Lipinski definition) is 4. The van der Waals surface area contributed by atoms with Crippen LogP contribution in [0.25, 0.3) is 0 Å². The molecule has 0 saturated heterocycles. The second-order valence-corrected chi connectivity index (χ2v) is 5.33. The third-order valence-corrected chi connectivity index (χ3v) is 3.49. The summed E-state index contributed by atoms with van der Waals surface area (Å²) < 4.78 is 10.6. The zero-order chi connectivity index (χ0) is 14.5. The molecule has 0 spiro atoms. The fourth-order valence-electron chi connectivity index (χ4n) is 1.48. The van der Waals surface area contributed by atoms with Gasteiger partial charge < -0.3 is 14.6 Å². The average molecular weight is 294 g/mol. The molecule has 1 rings (SSSR count). The van der Waals surface area contributed by atoms with Crippen molar-refractivity contribution in [3.8, 4) is 17.6 Å². The van der Waals surface area contributed by atoms with Gasteiger partial charge in [0.15, 0.2) is 0 Å². The summed E-state index contributed by atoms with van der Waals surface area (Å²) in [6.07, 6.45) is 1.60. The van der Waals surface area contributed by atoms with E-state index in [2.05, 4.69) is 11.8 Å². The number of benzene rings is 1. The normalized spacial score (nSPS) is 9.90. The van der Waals surface area contributed by atoms with E-state index in [1.54, 1.807) is 7.11 Å². The van der Waals surface area contributed by atoms with Gasteiger partial charge in [-0.25, -0.2) is 0 Å². The van der Waals surface area contributed by atoms with E-state index in [4.69, 9.17) is 14.6 Å². The van der Waals surface area contributed by atoms with Crippen LogP contribution in [0, 0.1) is 11.8 Å². The third-order valence-electron chi connectivity index (χ3n) is 2.46. The molecule has 0 aliphatic rings. The minimum absolute atomic E-state index is 0.107. The van der Waals surface area contributed by atoms with Gasteiger partial charge in [-0.1, -0.05) is 11.8 Å². The van der Waals surface area contributed by atoms with E-state index in [1.807, 2.05) is 36.0 Å². The number of aliphatic hydroxyl groups is 1. The summed E-state index contributed by atoms with van der Waals surface area (Å²) in [5.41, 5.74) is 0.944. The highest BCUT2D eigenvalue weighted by Crippen LogP contribution is 2.12. The molecule has 1 aromatic rings. The van der Waals surface area contributed by atoms with E-state index < -0.39 is 0 Å². The Labute approximate surface area is 125 Å². The highest BCUT2D eigenvalue weighted by atomic mass is 32.2. The standard InChI is InChI=1S/C16H22O3S/c1-18-11-4-13-20-14-12-19-16-8-6-15(7-9-16)5-2-3-10-17/h6-9,17H,3-4,10-14H2,1H3. The Kier molecular flexibility index (Phi) is 9.85. The molecule has 0 aliphatic heterocycles. The monoisotopic (exact) mass is 294 g/mol. The van der Waals surface area contributed by atoms with Crippen molar-refractivity contribution in [2.24, 2.45) is 0 Å². The highest BCUT2D eigenvalue weighted by Gasteiger charge is 1.95. The van der Waals surface area contributed by atoms with Crippen molar-refractivity contribution in [3.63, 3.8) is 0 Å². The molecule has 0 aromatic heterocycles. The lowest BCUT2D eigenvalue weighted by molar-refractivity contribution is 0.200. The molecule has 1 N–H and O–H groups in total. The van der Waals surface area contributed by atoms with Crippen LogP contribution in [0.2, 0.25) is 0 Å². The highest BCUT2D eigenvalue weighted by molar-refractivity contribution is 7.99. The van der Waals surface area contributed by atoms with Crippen LogP contribution in [0.15, 0.2) is 24.3 Å². The van der Waals surface area contributed by atoms with Crippen molar-refractivity contribution in [2.45, 2.75) is 12.8 Å². The summed E-state index contributed by atoms with van der Waals surface area (Å²) in [7, 11) is 1.73. The van der Waals surface area contributed by atoms with Gasteiger partial charge in [-0.15, -0.1) is 0 Å². The van der Waals surface area contributed by atoms with Crippen molar-refractivity contribution in [2.75, 3.05) is 38.4 Å². The summed E-state index contributed by atoms with van der Waals surface area (Å²) in [6, 6.07) is 7.73. The number of ether oxygens (including phenoxy) is 2. The maximum Gasteiger partial charge on any atom is 0.119 e. The summed E-state index contributed by atoms with van der Waals surface area (Å²) in [4.78, 5) is 0. The molecular weight excluding hydrogens is 272 g/mol. The molecule has 0 fully saturated rings. The van der Waals surface area contributed by atoms with Gasteiger partial charge in [0.05, 0.1) is 13.2 Å². The Morgan fingerprint density at radius 1 is 1.15 bits per heavy atom. The van der Waals surface area contributed by atoms with E-state index in [0.29, 0.717) is 13.0 Å². The van der Waals surface area contributed by atoms with Crippen LogP contribution in [-0.4, -0.2) is 43.5 Å². The Bertz CT molecular complexity index is 406. The lowest BCUT2D eigenvalue weighted by Crippen LogP contribution is -2.01. The van der Waals surface area contributed by atoms with Gasteiger partial charge in [-0.05, 0) is 36.4 Å². The maximum atomic E-state index is 8.65. The van der Waals surface area contributed by atoms with Crippen LogP contribution in [0.3, 0.4) is 0 Å². The van der Waals surface area contributed by atoms with Gasteiger partial charge in [0.1, 0.15) is 5.75 Å². The summed E-state index contributed by atoms with van der Waals surface area (Å²) >= 11 is 1.88. The molecule has 4 heteroatoms. The zero-order valence-corrected chi connectivity index (χ0v) is 12.7. The summed E-state index contributed by atoms with van der Waals surface area (Å²) in [5.74, 6) is 8.85. The molecule has 0 bridgehead atoms. The van der Waals surface area contributed by atoms with Crippen molar-refractivity contribution in [1.82, 2.24) is 0 Å². The lowest BCUT2D eigenvalue weighted by Gasteiger charge is -2.06. The molecule has 0 heterocycles. The predicted molar refractivity (Wildman–Crippen MR) is 84.3 cm³/mol. The summed E-state index contributed by atoms with van der Waals surface area (Å²) in [5, 5.41) is 8.65. The third kappa shape index (κ3) is 8.11. The molecular formula is C16H22O3S. The van der Waals surface area contributed by atoms with E-state index in [9.17, 15) is 0 Å². The van der Waals surface area contributed by atoms with Crippen LogP contribution < -0.4 is 4.74 Å². The Balaban J connectivity index is 2.17. The molecule has 3 nitrogen and oxygen atoms in total. The molecule has 0 unspecified atom stereocenters. The quantitative estimate of drug-likeness (QED) is 0.561. The molecule has 0 amide bonds. The van der Waals surface area contributed by atoms with Crippen molar-refractivity contribution in [3.05, 3.63) is 29.8 Å². The molecule has 0 radical (unpaired) electrons. The number of thioether (sulfide) groups is 1. The second-order valence-electron chi connectivity index (χ2n) is 4.11. The van der Waals surface area contributed by atoms with Crippen LogP contribution in [0.5, 0.6) is 5.75 Å². The van der Waals surface area contributed by atoms with Gasteiger partial charge in [0.25, 0.3) is 0 Å². The molecule has 0 atom stereocenters. The first-order chi connectivity index (χ1) is 9.86. The van der Waals surface area contributed by atoms with Gasteiger partial charge in [-0.3, -0.25) is 0 Å². The average Bonchev–Trinajstić information content (AvgIpc) is 2.48. The Hall–Kier alpha value is -1.15. The second kappa shape index (κ2) is 11.7. The van der Waals surface area contributed by atoms with Crippen molar-refractivity contribution >= 4 is 11.8 Å². The molecule has 20 heavy (non-hydrogen) atoms. The minimum atomic E-state index is 0.107. The van der Waals surface area contributed by atoms with E-state index in [0.717, 1.165) is 35.8 Å². The van der Waals surface area contributed by atoms with E-state index >= 15 is 0 Å². The fraction of sp³-hybridized carbons (Fsp3) is 0.500. The number of methoxy groups -OCH3 is 1. The number of hydrogen-bond donors (Lipinski definition) is 1. The first kappa shape index (κ1) is 16.9. The topological polar surface area (TPSA) is 38.7 Å². The van der Waals surface area contributed by atoms with Gasteiger partial charge in [0, 0.05) is 31.5 Å². The minimum Gasteiger partial charge on any atom is -0.493 e. The molecule has 1 aromatic carbocycles. The first-order valence-corrected chi connectivity index (χ1v) is 7.91. The van der Waals surface area contributed by atoms with Gasteiger partial charge >= 0.3 is 0 Å².